The van der Waals surface area contributed by atoms with Crippen LogP contribution in [0.1, 0.15) is 5.76 Å². The van der Waals surface area contributed by atoms with E-state index in [0.717, 1.165) is 0 Å². The zero-order chi connectivity index (χ0) is 11.1. The third-order valence-corrected chi connectivity index (χ3v) is 4.67. The Morgan fingerprint density at radius 2 is 2.12 bits per heavy atom. The predicted octanol–water partition coefficient (Wildman–Crippen LogP) is 2.95. The Kier molecular flexibility index (Phi) is 2.30. The van der Waals surface area contributed by atoms with Crippen LogP contribution in [-0.4, -0.2) is 5.75 Å². The van der Waals surface area contributed by atoms with Crippen LogP contribution < -0.4 is 5.43 Å². The lowest BCUT2D eigenvalue weighted by Gasteiger charge is -2.06. The third kappa shape index (κ3) is 1.39. The number of hydrogen-bond acceptors (Lipinski definition) is 2. The molecule has 1 aromatic carbocycles. The van der Waals surface area contributed by atoms with Crippen LogP contribution in [-0.2, 0) is 10.1 Å². The summed E-state index contributed by atoms with van der Waals surface area (Å²) in [5, 5.41) is 0.606. The number of para-hydroxylation sites is 1. The molecule has 80 valence electrons. The molecule has 1 aliphatic rings. The number of hydrogen-bond donors (Lipinski definition) is 0. The molecule has 1 unspecified atom stereocenters. The van der Waals surface area contributed by atoms with Crippen LogP contribution in [0.4, 0.5) is 0 Å². The number of rotatable bonds is 0. The van der Waals surface area contributed by atoms with E-state index in [1.54, 1.807) is 12.1 Å². The van der Waals surface area contributed by atoms with E-state index in [9.17, 15) is 4.79 Å². The molecule has 0 spiro atoms. The molecule has 0 N–H and O–H groups in total. The van der Waals surface area contributed by atoms with Gasteiger partial charge in [-0.25, -0.2) is 0 Å². The van der Waals surface area contributed by atoms with E-state index < -0.39 is 10.1 Å². The summed E-state index contributed by atoms with van der Waals surface area (Å²) >= 11 is 0. The quantitative estimate of drug-likeness (QED) is 0.674. The fourth-order valence-electron chi connectivity index (χ4n) is 1.78. The van der Waals surface area contributed by atoms with Crippen molar-refractivity contribution in [1.29, 1.82) is 0 Å². The summed E-state index contributed by atoms with van der Waals surface area (Å²) in [4.78, 5) is 12.8. The number of benzene rings is 1. The normalized spacial score (nSPS) is 18.7. The average Bonchev–Trinajstić information content (AvgIpc) is 2.29. The fourth-order valence-corrected chi connectivity index (χ4v) is 3.51. The molecule has 0 radical (unpaired) electrons. The van der Waals surface area contributed by atoms with Gasteiger partial charge in [0.2, 0.25) is 5.43 Å². The topological polar surface area (TPSA) is 30.2 Å². The van der Waals surface area contributed by atoms with Crippen LogP contribution in [0.5, 0.6) is 0 Å². The molecule has 0 amide bonds. The van der Waals surface area contributed by atoms with Gasteiger partial charge in [0.1, 0.15) is 5.58 Å². The minimum absolute atomic E-state index is 0.000432. The molecule has 2 aromatic rings. The summed E-state index contributed by atoms with van der Waals surface area (Å²) in [6.45, 7) is 0. The molecule has 2 heterocycles. The Bertz CT molecular complexity index is 645. The van der Waals surface area contributed by atoms with Crippen LogP contribution in [0.3, 0.4) is 0 Å². The molecule has 0 bridgehead atoms. The predicted molar refractivity (Wildman–Crippen MR) is 67.9 cm³/mol. The van der Waals surface area contributed by atoms with Crippen molar-refractivity contribution in [2.24, 2.45) is 0 Å². The Balaban J connectivity index is 2.47. The number of fused-ring (bicyclic) bond motifs is 2. The third-order valence-electron chi connectivity index (χ3n) is 2.51. The van der Waals surface area contributed by atoms with E-state index in [-0.39, 0.29) is 5.43 Å². The monoisotopic (exact) mass is 251 g/mol. The first-order valence-electron chi connectivity index (χ1n) is 4.87. The molecule has 0 aliphatic carbocycles. The van der Waals surface area contributed by atoms with E-state index in [1.165, 1.54) is 0 Å². The van der Waals surface area contributed by atoms with Gasteiger partial charge in [-0.1, -0.05) is 12.1 Å². The maximum absolute atomic E-state index is 12.2. The molecule has 1 aromatic heterocycles. The van der Waals surface area contributed by atoms with Crippen molar-refractivity contribution < 1.29 is 4.42 Å². The van der Waals surface area contributed by atoms with Gasteiger partial charge in [-0.05, 0) is 24.3 Å². The first-order valence-corrected chi connectivity index (χ1v) is 7.09. The molecule has 1 aliphatic heterocycles. The molecule has 4 heteroatoms. The van der Waals surface area contributed by atoms with Crippen LogP contribution in [0.2, 0.25) is 0 Å². The molecule has 3 rings (SSSR count). The second-order valence-corrected chi connectivity index (χ2v) is 6.04. The van der Waals surface area contributed by atoms with E-state index in [4.69, 9.17) is 15.1 Å². The largest absolute Gasteiger partial charge is 0.451 e. The Morgan fingerprint density at radius 1 is 1.31 bits per heavy atom. The Morgan fingerprint density at radius 3 is 3.00 bits per heavy atom. The first kappa shape index (κ1) is 10.00. The summed E-state index contributed by atoms with van der Waals surface area (Å²) in [6.07, 6.45) is 3.77. The van der Waals surface area contributed by atoms with Crippen LogP contribution in [0.25, 0.3) is 17.0 Å². The standard InChI is InChI=1S/C12H8ClO2S/c13-16-7-3-6-10-12(16)11(14)8-4-1-2-5-9(8)15-10/h1-6H,7H2/q+1. The molecular formula is C12H8ClO2S+. The summed E-state index contributed by atoms with van der Waals surface area (Å²) in [7, 11) is 5.62. The van der Waals surface area contributed by atoms with E-state index in [1.807, 2.05) is 24.3 Å². The number of halogens is 1. The van der Waals surface area contributed by atoms with Crippen molar-refractivity contribution in [1.82, 2.24) is 0 Å². The maximum Gasteiger partial charge on any atom is 0.265 e. The van der Waals surface area contributed by atoms with E-state index >= 15 is 0 Å². The summed E-state index contributed by atoms with van der Waals surface area (Å²) in [5.74, 6) is 1.31. The molecule has 2 nitrogen and oxygen atoms in total. The zero-order valence-electron chi connectivity index (χ0n) is 8.27. The molecule has 1 atom stereocenters. The lowest BCUT2D eigenvalue weighted by Crippen LogP contribution is -2.17. The van der Waals surface area contributed by atoms with Gasteiger partial charge in [-0.3, -0.25) is 4.79 Å². The van der Waals surface area contributed by atoms with Crippen LogP contribution in [0, 0.1) is 0 Å². The van der Waals surface area contributed by atoms with Gasteiger partial charge >= 0.3 is 0 Å². The van der Waals surface area contributed by atoms with Gasteiger partial charge in [0.05, 0.1) is 5.39 Å². The van der Waals surface area contributed by atoms with Crippen molar-refractivity contribution in [2.75, 3.05) is 5.75 Å². The minimum atomic E-state index is -0.554. The Hall–Kier alpha value is -1.19. The highest BCUT2D eigenvalue weighted by Crippen LogP contribution is 2.27. The van der Waals surface area contributed by atoms with Gasteiger partial charge in [-0.15, -0.1) is 0 Å². The molecule has 0 fully saturated rings. The minimum Gasteiger partial charge on any atom is -0.451 e. The van der Waals surface area contributed by atoms with Crippen LogP contribution in [0.15, 0.2) is 44.4 Å². The summed E-state index contributed by atoms with van der Waals surface area (Å²) < 4.78 is 5.67. The van der Waals surface area contributed by atoms with E-state index in [2.05, 4.69) is 0 Å². The second kappa shape index (κ2) is 3.68. The first-order chi connectivity index (χ1) is 7.77. The van der Waals surface area contributed by atoms with E-state index in [0.29, 0.717) is 27.4 Å². The van der Waals surface area contributed by atoms with Crippen molar-refractivity contribution in [2.45, 2.75) is 4.90 Å². The smallest absolute Gasteiger partial charge is 0.265 e. The lowest BCUT2D eigenvalue weighted by molar-refractivity contribution is 0.574. The van der Waals surface area contributed by atoms with Gasteiger partial charge in [-0.2, -0.15) is 0 Å². The molecule has 16 heavy (non-hydrogen) atoms. The lowest BCUT2D eigenvalue weighted by atomic mass is 10.2. The molecule has 0 saturated carbocycles. The highest BCUT2D eigenvalue weighted by molar-refractivity contribution is 8.18. The van der Waals surface area contributed by atoms with Crippen molar-refractivity contribution in [3.63, 3.8) is 0 Å². The fraction of sp³-hybridized carbons (Fsp3) is 0.0833. The molecule has 0 saturated heterocycles. The average molecular weight is 252 g/mol. The van der Waals surface area contributed by atoms with Crippen molar-refractivity contribution >= 4 is 37.8 Å². The summed E-state index contributed by atoms with van der Waals surface area (Å²) in [6, 6.07) is 7.25. The highest BCUT2D eigenvalue weighted by atomic mass is 35.7. The van der Waals surface area contributed by atoms with Gasteiger partial charge in [0.25, 0.3) is 4.90 Å². The zero-order valence-corrected chi connectivity index (χ0v) is 9.85. The molecular weight excluding hydrogens is 244 g/mol. The highest BCUT2D eigenvalue weighted by Gasteiger charge is 2.32. The van der Waals surface area contributed by atoms with Gasteiger partial charge < -0.3 is 4.42 Å². The second-order valence-electron chi connectivity index (χ2n) is 3.52. The van der Waals surface area contributed by atoms with Gasteiger partial charge in [0.15, 0.2) is 32.3 Å². The SMILES string of the molecule is O=c1c2c(oc3ccccc13)C=CC[S+]2Cl. The Labute approximate surface area is 99.4 Å². The van der Waals surface area contributed by atoms with Crippen molar-refractivity contribution in [3.05, 3.63) is 46.3 Å². The van der Waals surface area contributed by atoms with Crippen LogP contribution >= 0.6 is 10.7 Å². The maximum atomic E-state index is 12.2. The van der Waals surface area contributed by atoms with Crippen molar-refractivity contribution in [3.8, 4) is 0 Å². The van der Waals surface area contributed by atoms with Gasteiger partial charge in [0, 0.05) is 0 Å². The summed E-state index contributed by atoms with van der Waals surface area (Å²) in [5.41, 5.74) is 0.617.